The number of para-hydroxylation sites is 1. The van der Waals surface area contributed by atoms with Gasteiger partial charge in [0, 0.05) is 6.42 Å². The molecule has 2 aliphatic carbocycles. The van der Waals surface area contributed by atoms with E-state index in [2.05, 4.69) is 6.07 Å². The minimum atomic E-state index is 0.307. The molecule has 0 spiro atoms. The number of Topliss-reactive ketones (excluding diaryl/α,β-unsaturated/α-hetero) is 1. The van der Waals surface area contributed by atoms with Crippen LogP contribution < -0.4 is 4.74 Å². The second-order valence-corrected chi connectivity index (χ2v) is 6.81. The number of carbonyl (C=O) groups excluding carboxylic acids is 1. The summed E-state index contributed by atoms with van der Waals surface area (Å²) < 4.78 is 5.78. The molecular weight excluding hydrogens is 248 g/mol. The van der Waals surface area contributed by atoms with Crippen molar-refractivity contribution in [2.24, 2.45) is 17.8 Å². The van der Waals surface area contributed by atoms with Gasteiger partial charge in [-0.2, -0.15) is 0 Å². The van der Waals surface area contributed by atoms with E-state index in [1.807, 2.05) is 12.1 Å². The molecule has 2 fully saturated rings. The van der Waals surface area contributed by atoms with Crippen LogP contribution in [-0.4, -0.2) is 12.4 Å². The first-order valence-corrected chi connectivity index (χ1v) is 8.09. The lowest BCUT2D eigenvalue weighted by atomic mass is 9.84. The smallest absolute Gasteiger partial charge is 0.166 e. The van der Waals surface area contributed by atoms with Crippen molar-refractivity contribution >= 4 is 5.78 Å². The van der Waals surface area contributed by atoms with Gasteiger partial charge in [0.15, 0.2) is 5.78 Å². The highest BCUT2D eigenvalue weighted by molar-refractivity contribution is 5.99. The topological polar surface area (TPSA) is 26.3 Å². The predicted octanol–water partition coefficient (Wildman–Crippen LogP) is 4.02. The van der Waals surface area contributed by atoms with E-state index in [9.17, 15) is 4.79 Å². The number of rotatable bonds is 3. The second kappa shape index (κ2) is 4.91. The van der Waals surface area contributed by atoms with Crippen LogP contribution in [0, 0.1) is 17.8 Å². The fraction of sp³-hybridized carbons (Fsp3) is 0.611. The third-order valence-electron chi connectivity index (χ3n) is 5.57. The lowest BCUT2D eigenvalue weighted by molar-refractivity contribution is 0.0939. The molecule has 0 aromatic heterocycles. The highest BCUT2D eigenvalue weighted by Gasteiger charge is 2.40. The summed E-state index contributed by atoms with van der Waals surface area (Å²) in [7, 11) is 0. The van der Waals surface area contributed by atoms with Crippen molar-refractivity contribution in [3.63, 3.8) is 0 Å². The third-order valence-corrected chi connectivity index (χ3v) is 5.57. The summed E-state index contributed by atoms with van der Waals surface area (Å²) in [5, 5.41) is 0. The molecule has 0 amide bonds. The zero-order chi connectivity index (χ0) is 13.5. The zero-order valence-electron chi connectivity index (χ0n) is 11.9. The first kappa shape index (κ1) is 12.4. The SMILES string of the molecule is O=C(CC1CC2CCC1C2)c1cccc2c1OCCC2. The van der Waals surface area contributed by atoms with Crippen molar-refractivity contribution in [1.29, 1.82) is 0 Å². The quantitative estimate of drug-likeness (QED) is 0.775. The molecule has 3 unspecified atom stereocenters. The molecule has 3 atom stereocenters. The van der Waals surface area contributed by atoms with E-state index in [0.29, 0.717) is 11.7 Å². The Balaban J connectivity index is 1.54. The summed E-state index contributed by atoms with van der Waals surface area (Å²) >= 11 is 0. The first-order valence-electron chi connectivity index (χ1n) is 8.09. The van der Waals surface area contributed by atoms with Crippen LogP contribution >= 0.6 is 0 Å². The molecule has 2 bridgehead atoms. The van der Waals surface area contributed by atoms with Crippen LogP contribution in [0.1, 0.15) is 54.4 Å². The number of fused-ring (bicyclic) bond motifs is 3. The van der Waals surface area contributed by atoms with Crippen molar-refractivity contribution in [3.8, 4) is 5.75 Å². The maximum Gasteiger partial charge on any atom is 0.166 e. The Morgan fingerprint density at radius 3 is 3.00 bits per heavy atom. The number of ketones is 1. The highest BCUT2D eigenvalue weighted by atomic mass is 16.5. The number of benzene rings is 1. The van der Waals surface area contributed by atoms with Gasteiger partial charge in [-0.3, -0.25) is 4.79 Å². The molecule has 1 aromatic rings. The normalized spacial score (nSPS) is 30.9. The van der Waals surface area contributed by atoms with E-state index in [1.165, 1.54) is 31.2 Å². The van der Waals surface area contributed by atoms with Crippen LogP contribution in [-0.2, 0) is 6.42 Å². The standard InChI is InChI=1S/C18H22O2/c19-17(11-15-10-12-6-7-14(15)9-12)16-5-1-3-13-4-2-8-20-18(13)16/h1,3,5,12,14-15H,2,4,6-11H2. The van der Waals surface area contributed by atoms with E-state index in [4.69, 9.17) is 4.74 Å². The van der Waals surface area contributed by atoms with Crippen molar-refractivity contribution < 1.29 is 9.53 Å². The number of aryl methyl sites for hydroxylation is 1. The Morgan fingerprint density at radius 2 is 2.20 bits per heavy atom. The third kappa shape index (κ3) is 2.06. The maximum atomic E-state index is 12.7. The summed E-state index contributed by atoms with van der Waals surface area (Å²) in [5.74, 6) is 3.57. The van der Waals surface area contributed by atoms with Crippen LogP contribution in [0.15, 0.2) is 18.2 Å². The van der Waals surface area contributed by atoms with Gasteiger partial charge in [-0.25, -0.2) is 0 Å². The summed E-state index contributed by atoms with van der Waals surface area (Å²) in [5.41, 5.74) is 2.06. The Labute approximate surface area is 120 Å². The molecule has 1 aromatic carbocycles. The molecule has 0 radical (unpaired) electrons. The molecule has 2 nitrogen and oxygen atoms in total. The van der Waals surface area contributed by atoms with E-state index >= 15 is 0 Å². The van der Waals surface area contributed by atoms with E-state index in [1.54, 1.807) is 0 Å². The molecule has 0 saturated heterocycles. The lowest BCUT2D eigenvalue weighted by Gasteiger charge is -2.23. The predicted molar refractivity (Wildman–Crippen MR) is 78.1 cm³/mol. The number of carbonyl (C=O) groups is 1. The molecule has 1 aliphatic heterocycles. The molecule has 4 rings (SSSR count). The van der Waals surface area contributed by atoms with Gasteiger partial charge in [0.1, 0.15) is 5.75 Å². The van der Waals surface area contributed by atoms with Gasteiger partial charge in [-0.05, 0) is 61.5 Å². The number of ether oxygens (including phenoxy) is 1. The highest BCUT2D eigenvalue weighted by Crippen LogP contribution is 2.50. The van der Waals surface area contributed by atoms with Gasteiger partial charge in [0.05, 0.1) is 12.2 Å². The minimum Gasteiger partial charge on any atom is -0.493 e. The summed E-state index contributed by atoms with van der Waals surface area (Å²) in [6, 6.07) is 6.07. The first-order chi connectivity index (χ1) is 9.81. The monoisotopic (exact) mass is 270 g/mol. The summed E-state index contributed by atoms with van der Waals surface area (Å²) in [6.45, 7) is 0.755. The molecule has 106 valence electrons. The molecule has 2 saturated carbocycles. The molecule has 20 heavy (non-hydrogen) atoms. The Hall–Kier alpha value is -1.31. The van der Waals surface area contributed by atoms with Gasteiger partial charge in [-0.15, -0.1) is 0 Å². The van der Waals surface area contributed by atoms with Gasteiger partial charge < -0.3 is 4.74 Å². The van der Waals surface area contributed by atoms with E-state index < -0.39 is 0 Å². The summed E-state index contributed by atoms with van der Waals surface area (Å²) in [4.78, 5) is 12.7. The largest absolute Gasteiger partial charge is 0.493 e. The van der Waals surface area contributed by atoms with Crippen molar-refractivity contribution in [1.82, 2.24) is 0 Å². The Bertz CT molecular complexity index is 534. The van der Waals surface area contributed by atoms with Gasteiger partial charge >= 0.3 is 0 Å². The van der Waals surface area contributed by atoms with Crippen LogP contribution in [0.2, 0.25) is 0 Å². The van der Waals surface area contributed by atoms with Gasteiger partial charge in [0.2, 0.25) is 0 Å². The molecular formula is C18H22O2. The van der Waals surface area contributed by atoms with Gasteiger partial charge in [-0.1, -0.05) is 18.6 Å². The van der Waals surface area contributed by atoms with E-state index in [0.717, 1.165) is 49.0 Å². The maximum absolute atomic E-state index is 12.7. The lowest BCUT2D eigenvalue weighted by Crippen LogP contribution is -2.17. The zero-order valence-corrected chi connectivity index (χ0v) is 11.9. The average Bonchev–Trinajstić information content (AvgIpc) is 3.09. The second-order valence-electron chi connectivity index (χ2n) is 6.81. The average molecular weight is 270 g/mol. The Morgan fingerprint density at radius 1 is 1.25 bits per heavy atom. The van der Waals surface area contributed by atoms with Crippen LogP contribution in [0.4, 0.5) is 0 Å². The molecule has 2 heteroatoms. The molecule has 1 heterocycles. The van der Waals surface area contributed by atoms with E-state index in [-0.39, 0.29) is 0 Å². The molecule has 3 aliphatic rings. The van der Waals surface area contributed by atoms with Crippen molar-refractivity contribution in [2.45, 2.75) is 44.9 Å². The van der Waals surface area contributed by atoms with Crippen LogP contribution in [0.3, 0.4) is 0 Å². The molecule has 0 N–H and O–H groups in total. The van der Waals surface area contributed by atoms with Crippen LogP contribution in [0.5, 0.6) is 5.75 Å². The summed E-state index contributed by atoms with van der Waals surface area (Å²) in [6.07, 6.45) is 8.27. The number of hydrogen-bond donors (Lipinski definition) is 0. The number of hydrogen-bond acceptors (Lipinski definition) is 2. The van der Waals surface area contributed by atoms with Crippen molar-refractivity contribution in [3.05, 3.63) is 29.3 Å². The fourth-order valence-corrected chi connectivity index (χ4v) is 4.58. The fourth-order valence-electron chi connectivity index (χ4n) is 4.58. The minimum absolute atomic E-state index is 0.307. The van der Waals surface area contributed by atoms with Gasteiger partial charge in [0.25, 0.3) is 0 Å². The van der Waals surface area contributed by atoms with Crippen LogP contribution in [0.25, 0.3) is 0 Å². The van der Waals surface area contributed by atoms with Crippen molar-refractivity contribution in [2.75, 3.05) is 6.61 Å². The Kier molecular flexibility index (Phi) is 3.05.